The third kappa shape index (κ3) is 3.46. The van der Waals surface area contributed by atoms with Gasteiger partial charge in [-0.25, -0.2) is 4.98 Å². The summed E-state index contributed by atoms with van der Waals surface area (Å²) in [6.07, 6.45) is 3.82. The topological polar surface area (TPSA) is 67.2 Å². The molecule has 0 saturated carbocycles. The van der Waals surface area contributed by atoms with E-state index in [1.165, 1.54) is 0 Å². The lowest BCUT2D eigenvalue weighted by Gasteiger charge is -2.05. The lowest BCUT2D eigenvalue weighted by atomic mass is 10.2. The van der Waals surface area contributed by atoms with Gasteiger partial charge in [-0.1, -0.05) is 11.8 Å². The molecule has 0 spiro atoms. The molecule has 1 amide bonds. The second-order valence-corrected chi connectivity index (χ2v) is 4.16. The summed E-state index contributed by atoms with van der Waals surface area (Å²) in [6, 6.07) is 6.99. The molecule has 5 nitrogen and oxygen atoms in total. The van der Waals surface area contributed by atoms with Gasteiger partial charge in [0.05, 0.1) is 6.61 Å². The van der Waals surface area contributed by atoms with Crippen molar-refractivity contribution in [3.05, 3.63) is 47.9 Å². The Kier molecular flexibility index (Phi) is 4.53. The van der Waals surface area contributed by atoms with Gasteiger partial charge >= 0.3 is 0 Å². The van der Waals surface area contributed by atoms with Gasteiger partial charge in [-0.05, 0) is 24.3 Å². The number of carbonyl (C=O) groups excluding carboxylic acids is 1. The zero-order valence-electron chi connectivity index (χ0n) is 11.1. The van der Waals surface area contributed by atoms with Crippen molar-refractivity contribution in [2.24, 2.45) is 7.05 Å². The van der Waals surface area contributed by atoms with Gasteiger partial charge in [0.15, 0.2) is 0 Å². The fraction of sp³-hybridized carbons (Fsp3) is 0.200. The summed E-state index contributed by atoms with van der Waals surface area (Å²) in [6.45, 7) is 0.0369. The van der Waals surface area contributed by atoms with Gasteiger partial charge < -0.3 is 15.0 Å². The highest BCUT2D eigenvalue weighted by Crippen LogP contribution is 2.08. The molecular formula is C15H15N3O2. The summed E-state index contributed by atoms with van der Waals surface area (Å²) in [5.41, 5.74) is 1.30. The number of hydrogen-bond acceptors (Lipinski definition) is 3. The van der Waals surface area contributed by atoms with Crippen LogP contribution in [0.25, 0.3) is 0 Å². The summed E-state index contributed by atoms with van der Waals surface area (Å²) >= 11 is 0. The van der Waals surface area contributed by atoms with E-state index in [0.29, 0.717) is 17.9 Å². The fourth-order valence-corrected chi connectivity index (χ4v) is 1.67. The predicted octanol–water partition coefficient (Wildman–Crippen LogP) is 1.41. The number of aliphatic hydroxyl groups is 1. The Labute approximate surface area is 117 Å². The van der Waals surface area contributed by atoms with Crippen molar-refractivity contribution in [2.75, 3.05) is 11.9 Å². The molecule has 2 aromatic heterocycles. The van der Waals surface area contributed by atoms with Crippen LogP contribution < -0.4 is 5.32 Å². The van der Waals surface area contributed by atoms with Crippen molar-refractivity contribution in [3.63, 3.8) is 0 Å². The van der Waals surface area contributed by atoms with Crippen molar-refractivity contribution in [3.8, 4) is 11.8 Å². The lowest BCUT2D eigenvalue weighted by molar-refractivity contribution is 0.101. The molecule has 20 heavy (non-hydrogen) atoms. The Balaban J connectivity index is 2.11. The maximum absolute atomic E-state index is 12.0. The van der Waals surface area contributed by atoms with Gasteiger partial charge in [-0.15, -0.1) is 0 Å². The molecule has 2 rings (SSSR count). The van der Waals surface area contributed by atoms with Crippen LogP contribution in [0.5, 0.6) is 0 Å². The number of anilines is 1. The van der Waals surface area contributed by atoms with E-state index in [-0.39, 0.29) is 12.5 Å². The summed E-state index contributed by atoms with van der Waals surface area (Å²) in [7, 11) is 1.80. The maximum atomic E-state index is 12.0. The standard InChI is InChI=1S/C15H15N3O2/c1-18-9-4-6-13(18)15(20)17-14-11-12(7-8-16-14)5-2-3-10-19/h4,6-9,11,19H,3,10H2,1H3,(H,16,17,20). The number of amides is 1. The van der Waals surface area contributed by atoms with Gasteiger partial charge in [0.2, 0.25) is 0 Å². The van der Waals surface area contributed by atoms with E-state index in [1.807, 2.05) is 0 Å². The molecule has 0 saturated heterocycles. The van der Waals surface area contributed by atoms with Gasteiger partial charge in [0, 0.05) is 31.4 Å². The van der Waals surface area contributed by atoms with E-state index in [4.69, 9.17) is 5.11 Å². The molecule has 2 aromatic rings. The number of carbonyl (C=O) groups is 1. The third-order valence-electron chi connectivity index (χ3n) is 2.65. The molecule has 0 aliphatic rings. The molecule has 0 fully saturated rings. The van der Waals surface area contributed by atoms with E-state index in [1.54, 1.807) is 48.3 Å². The first-order valence-corrected chi connectivity index (χ1v) is 6.19. The van der Waals surface area contributed by atoms with Crippen molar-refractivity contribution in [1.82, 2.24) is 9.55 Å². The second kappa shape index (κ2) is 6.55. The minimum atomic E-state index is -0.217. The number of rotatable bonds is 3. The number of aliphatic hydroxyl groups excluding tert-OH is 1. The zero-order chi connectivity index (χ0) is 14.4. The first-order chi connectivity index (χ1) is 9.70. The van der Waals surface area contributed by atoms with Crippen LogP contribution in [0.15, 0.2) is 36.7 Å². The molecule has 5 heteroatoms. The molecule has 2 N–H and O–H groups in total. The molecule has 0 aliphatic carbocycles. The van der Waals surface area contributed by atoms with Crippen LogP contribution in [0.4, 0.5) is 5.82 Å². The molecule has 0 atom stereocenters. The van der Waals surface area contributed by atoms with E-state index in [9.17, 15) is 4.79 Å². The normalized spacial score (nSPS) is 9.70. The average Bonchev–Trinajstić information content (AvgIpc) is 2.86. The van der Waals surface area contributed by atoms with Crippen molar-refractivity contribution in [2.45, 2.75) is 6.42 Å². The number of aryl methyl sites for hydroxylation is 1. The second-order valence-electron chi connectivity index (χ2n) is 4.16. The van der Waals surface area contributed by atoms with Gasteiger partial charge in [0.25, 0.3) is 5.91 Å². The van der Waals surface area contributed by atoms with Crippen LogP contribution in [-0.2, 0) is 7.05 Å². The minimum Gasteiger partial charge on any atom is -0.395 e. The van der Waals surface area contributed by atoms with Crippen molar-refractivity contribution < 1.29 is 9.90 Å². The van der Waals surface area contributed by atoms with Crippen LogP contribution in [0.2, 0.25) is 0 Å². The highest BCUT2D eigenvalue weighted by atomic mass is 16.2. The quantitative estimate of drug-likeness (QED) is 0.828. The van der Waals surface area contributed by atoms with Gasteiger partial charge in [-0.2, -0.15) is 0 Å². The molecule has 0 aliphatic heterocycles. The Hall–Kier alpha value is -2.58. The Bertz CT molecular complexity index is 665. The van der Waals surface area contributed by atoms with Crippen LogP contribution in [-0.4, -0.2) is 27.2 Å². The van der Waals surface area contributed by atoms with Gasteiger partial charge in [-0.3, -0.25) is 4.79 Å². The van der Waals surface area contributed by atoms with Crippen molar-refractivity contribution >= 4 is 11.7 Å². The first-order valence-electron chi connectivity index (χ1n) is 6.19. The highest BCUT2D eigenvalue weighted by molar-refractivity contribution is 6.02. The SMILES string of the molecule is Cn1cccc1C(=O)Nc1cc(C#CCCO)ccn1. The molecule has 0 radical (unpaired) electrons. The number of nitrogens with one attached hydrogen (secondary N) is 1. The number of hydrogen-bond donors (Lipinski definition) is 2. The Morgan fingerprint density at radius 1 is 1.50 bits per heavy atom. The van der Waals surface area contributed by atoms with Gasteiger partial charge in [0.1, 0.15) is 11.5 Å². The summed E-state index contributed by atoms with van der Waals surface area (Å²) in [5, 5.41) is 11.4. The Morgan fingerprint density at radius 3 is 3.05 bits per heavy atom. The third-order valence-corrected chi connectivity index (χ3v) is 2.65. The zero-order valence-corrected chi connectivity index (χ0v) is 11.1. The first kappa shape index (κ1) is 13.8. The molecule has 2 heterocycles. The predicted molar refractivity (Wildman–Crippen MR) is 76.2 cm³/mol. The lowest BCUT2D eigenvalue weighted by Crippen LogP contribution is -2.16. The van der Waals surface area contributed by atoms with Crippen molar-refractivity contribution in [1.29, 1.82) is 0 Å². The number of pyridine rings is 1. The van der Waals surface area contributed by atoms with E-state index in [2.05, 4.69) is 22.1 Å². The largest absolute Gasteiger partial charge is 0.395 e. The Morgan fingerprint density at radius 2 is 2.35 bits per heavy atom. The highest BCUT2D eigenvalue weighted by Gasteiger charge is 2.09. The van der Waals surface area contributed by atoms with E-state index in [0.717, 1.165) is 5.56 Å². The van der Waals surface area contributed by atoms with Crippen LogP contribution >= 0.6 is 0 Å². The van der Waals surface area contributed by atoms with Crippen LogP contribution in [0.3, 0.4) is 0 Å². The smallest absolute Gasteiger partial charge is 0.273 e. The van der Waals surface area contributed by atoms with E-state index >= 15 is 0 Å². The fourth-order valence-electron chi connectivity index (χ4n) is 1.67. The molecular weight excluding hydrogens is 254 g/mol. The molecule has 0 unspecified atom stereocenters. The number of nitrogens with zero attached hydrogens (tertiary/aromatic N) is 2. The average molecular weight is 269 g/mol. The summed E-state index contributed by atoms with van der Waals surface area (Å²) < 4.78 is 1.74. The molecule has 102 valence electrons. The monoisotopic (exact) mass is 269 g/mol. The summed E-state index contributed by atoms with van der Waals surface area (Å²) in [5.74, 6) is 5.96. The maximum Gasteiger partial charge on any atom is 0.273 e. The van der Waals surface area contributed by atoms with Crippen LogP contribution in [0, 0.1) is 11.8 Å². The van der Waals surface area contributed by atoms with Crippen LogP contribution in [0.1, 0.15) is 22.5 Å². The van der Waals surface area contributed by atoms with E-state index < -0.39 is 0 Å². The molecule has 0 bridgehead atoms. The summed E-state index contributed by atoms with van der Waals surface area (Å²) in [4.78, 5) is 16.1. The molecule has 0 aromatic carbocycles. The minimum absolute atomic E-state index is 0.0369. The number of aromatic nitrogens is 2.